The first-order valence-electron chi connectivity index (χ1n) is 29.8. The van der Waals surface area contributed by atoms with E-state index in [2.05, 4.69) is 68.1 Å². The number of H-pyrrole nitrogens is 1. The quantitative estimate of drug-likeness (QED) is 0.0321. The number of carboxylic acids is 2. The van der Waals surface area contributed by atoms with E-state index in [1.165, 1.54) is 6.92 Å². The van der Waals surface area contributed by atoms with Crippen molar-refractivity contribution in [2.24, 2.45) is 44.4 Å². The zero-order chi connectivity index (χ0) is 73.0. The third kappa shape index (κ3) is 26.8. The Hall–Kier alpha value is -9.01. The SMILES string of the molecule is C[C@@H]1NC(=O)[C@H]2CSSC[C@H](NC(=O)CN)C(=O)N[C@@H](CSSCC(C(N)=O)NC(=O)[C@H](CCCN=C(N)N)NC(=O)[C@H](Cc3c[nH]c4ccccc34)NC1=O)C(=O)N[C@@H](CO)C(=O)N[C@@H](CC(=O)O)C(=O)N1CCC[C@H]1C(=O)N[C@@H](CCCN=C(N)N)C(=O)N2.O=C(O)C(F)(F)F. The van der Waals surface area contributed by atoms with Crippen LogP contribution in [-0.2, 0) is 73.5 Å². The maximum absolute atomic E-state index is 14.7. The summed E-state index contributed by atoms with van der Waals surface area (Å²) in [4.78, 5) is 203. The lowest BCUT2D eigenvalue weighted by molar-refractivity contribution is -0.192. The minimum absolute atomic E-state index is 0.0125. The molecule has 0 saturated carbocycles. The number of benzene rings is 1. The number of fused-ring (bicyclic) bond motifs is 10. The number of aliphatic hydroxyl groups excluding tert-OH is 1. The topological polar surface area (TPSA) is 620 Å². The van der Waals surface area contributed by atoms with Crippen LogP contribution in [0.15, 0.2) is 40.4 Å². The molecule has 0 radical (unpaired) electrons. The van der Waals surface area contributed by atoms with Crippen molar-refractivity contribution in [3.63, 3.8) is 0 Å². The fourth-order valence-electron chi connectivity index (χ4n) is 9.39. The van der Waals surface area contributed by atoms with Gasteiger partial charge < -0.3 is 113 Å². The molecule has 1 unspecified atom stereocenters. The molecule has 5 rings (SSSR count). The van der Waals surface area contributed by atoms with Crippen molar-refractivity contribution in [2.75, 3.05) is 55.8 Å². The normalized spacial score (nSPS) is 25.0. The molecule has 98 heavy (non-hydrogen) atoms. The smallest absolute Gasteiger partial charge is 0.481 e. The molecular formula is C54H79F3N20O17S4. The predicted molar refractivity (Wildman–Crippen MR) is 353 cm³/mol. The van der Waals surface area contributed by atoms with E-state index in [1.54, 1.807) is 30.5 Å². The Morgan fingerprint density at radius 2 is 1.13 bits per heavy atom. The monoisotopic (exact) mass is 1460 g/mol. The summed E-state index contributed by atoms with van der Waals surface area (Å²) in [5, 5.41) is 53.4. The molecule has 26 N–H and O–H groups in total. The number of para-hydroxylation sites is 1. The van der Waals surface area contributed by atoms with Gasteiger partial charge in [-0.15, -0.1) is 0 Å². The Kier molecular flexibility index (Phi) is 33.2. The second-order valence-electron chi connectivity index (χ2n) is 21.8. The molecule has 3 aliphatic rings. The largest absolute Gasteiger partial charge is 0.490 e. The van der Waals surface area contributed by atoms with Gasteiger partial charge in [-0.05, 0) is 57.1 Å². The number of alkyl halides is 3. The van der Waals surface area contributed by atoms with E-state index in [-0.39, 0.29) is 93.8 Å². The second kappa shape index (κ2) is 40.0. The Bertz CT molecular complexity index is 3270. The second-order valence-corrected chi connectivity index (χ2v) is 26.9. The summed E-state index contributed by atoms with van der Waals surface area (Å²) >= 11 is 0. The van der Waals surface area contributed by atoms with E-state index >= 15 is 0 Å². The number of carbonyl (C=O) groups is 14. The molecule has 3 fully saturated rings. The van der Waals surface area contributed by atoms with Gasteiger partial charge in [-0.25, -0.2) is 4.79 Å². The summed E-state index contributed by atoms with van der Waals surface area (Å²) in [6.07, 6.45) is -4.79. The summed E-state index contributed by atoms with van der Waals surface area (Å²) < 4.78 is 31.7. The van der Waals surface area contributed by atoms with Gasteiger partial charge in [0, 0.05) is 66.2 Å². The molecule has 1 aromatic carbocycles. The fourth-order valence-corrected chi connectivity index (χ4v) is 14.1. The van der Waals surface area contributed by atoms with E-state index in [1.807, 2.05) is 0 Å². The summed E-state index contributed by atoms with van der Waals surface area (Å²) in [7, 11) is 3.46. The Labute approximate surface area is 572 Å². The van der Waals surface area contributed by atoms with Crippen molar-refractivity contribution < 1.29 is 95.6 Å². The molecule has 37 nitrogen and oxygen atoms in total. The number of amides is 12. The number of nitrogens with two attached hydrogens (primary N) is 6. The van der Waals surface area contributed by atoms with Crippen molar-refractivity contribution in [1.29, 1.82) is 0 Å². The van der Waals surface area contributed by atoms with E-state index in [4.69, 9.17) is 44.3 Å². The predicted octanol–water partition coefficient (Wildman–Crippen LogP) is -6.99. The van der Waals surface area contributed by atoms with Crippen molar-refractivity contribution in [3.8, 4) is 0 Å². The molecule has 12 amide bonds. The van der Waals surface area contributed by atoms with Crippen LogP contribution in [0.4, 0.5) is 13.2 Å². The van der Waals surface area contributed by atoms with Crippen LogP contribution in [0.1, 0.15) is 57.4 Å². The van der Waals surface area contributed by atoms with Crippen molar-refractivity contribution in [1.82, 2.24) is 63.1 Å². The van der Waals surface area contributed by atoms with Gasteiger partial charge in [0.25, 0.3) is 0 Å². The average Bonchev–Trinajstić information content (AvgIpc) is 1.64. The van der Waals surface area contributed by atoms with Crippen LogP contribution < -0.4 is 87.6 Å². The van der Waals surface area contributed by atoms with Gasteiger partial charge in [-0.3, -0.25) is 72.3 Å². The Morgan fingerprint density at radius 1 is 0.633 bits per heavy atom. The lowest BCUT2D eigenvalue weighted by Crippen LogP contribution is -2.61. The number of aromatic nitrogens is 1. The standard InChI is InChI=1S/C52H78N20O15S4.C2HF3O2/c1-24-41(78)66-30(15-25-18-61-27-8-3-2-7-26(25)27)44(81)64-28(9-4-12-59-51(55)56)42(79)69-33(40(54)77)20-88-90-23-36-48(85)68-32(19-73)45(82)67-31(16-39(75)76)50(87)72-14-6-11-37(72)49(86)65-29(10-5-13-60-52(57)58)43(80)70-35(46(83)62-24)22-91-89-21-34(47(84)71-36)63-38(74)17-53;3-2(4,5)1(6)7/h2-3,7-8,18,24,28-37,61,73H,4-6,9-17,19-23,53H2,1H3,(H2,54,77)(H,62,83)(H,63,74)(H,64,81)(H,65,86)(H,66,78)(H,67,82)(H,68,85)(H,69,79)(H,70,80)(H,71,84)(H,75,76)(H4,55,56,59)(H4,57,58,60);(H,6,7)/t24-,28-,29-,30-,31-,32-,33?,34-,35+,36-,37-;/m0./s1. The minimum Gasteiger partial charge on any atom is -0.481 e. The maximum Gasteiger partial charge on any atom is 0.490 e. The van der Waals surface area contributed by atoms with Crippen LogP contribution in [-0.4, -0.2) is 248 Å². The molecule has 2 bridgehead atoms. The maximum atomic E-state index is 14.7. The molecule has 1 aromatic heterocycles. The molecule has 0 spiro atoms. The molecule has 4 heterocycles. The van der Waals surface area contributed by atoms with E-state index in [0.717, 1.165) is 48.1 Å². The number of nitrogens with one attached hydrogen (secondary N) is 11. The number of nitrogens with zero attached hydrogens (tertiary/aromatic N) is 3. The summed E-state index contributed by atoms with van der Waals surface area (Å²) in [5.74, 6) is -18.5. The number of carboxylic acid groups (broad SMARTS) is 2. The number of aliphatic carboxylic acids is 2. The highest BCUT2D eigenvalue weighted by atomic mass is 33.1. The van der Waals surface area contributed by atoms with Crippen LogP contribution >= 0.6 is 43.2 Å². The number of guanidine groups is 2. The molecule has 44 heteroatoms. The number of aliphatic hydroxyl groups is 1. The number of aromatic amines is 1. The van der Waals surface area contributed by atoms with Crippen LogP contribution in [0.2, 0.25) is 0 Å². The highest BCUT2D eigenvalue weighted by Gasteiger charge is 2.42. The molecule has 2 aromatic rings. The van der Waals surface area contributed by atoms with Gasteiger partial charge in [0.1, 0.15) is 66.5 Å². The van der Waals surface area contributed by atoms with Gasteiger partial charge in [-0.1, -0.05) is 61.4 Å². The first-order valence-corrected chi connectivity index (χ1v) is 34.8. The lowest BCUT2D eigenvalue weighted by Gasteiger charge is -2.30. The number of aliphatic imine (C=N–C) groups is 2. The van der Waals surface area contributed by atoms with E-state index in [9.17, 15) is 85.7 Å². The molecule has 3 saturated heterocycles. The molecule has 3 aliphatic heterocycles. The highest BCUT2D eigenvalue weighted by Crippen LogP contribution is 2.27. The van der Waals surface area contributed by atoms with Gasteiger partial charge >= 0.3 is 18.1 Å². The third-order valence-electron chi connectivity index (χ3n) is 14.4. The van der Waals surface area contributed by atoms with E-state index < -0.39 is 181 Å². The molecule has 11 atom stereocenters. The number of rotatable bonds is 16. The Balaban J connectivity index is 0.00000275. The molecule has 542 valence electrons. The van der Waals surface area contributed by atoms with Crippen LogP contribution in [0, 0.1) is 0 Å². The van der Waals surface area contributed by atoms with Gasteiger partial charge in [-0.2, -0.15) is 13.2 Å². The number of halogens is 3. The number of hydrogen-bond acceptors (Lipinski definition) is 22. The number of hydrogen-bond donors (Lipinski definition) is 20. The van der Waals surface area contributed by atoms with Crippen LogP contribution in [0.25, 0.3) is 10.9 Å². The van der Waals surface area contributed by atoms with Gasteiger partial charge in [0.2, 0.25) is 70.9 Å². The first-order chi connectivity index (χ1) is 46.2. The van der Waals surface area contributed by atoms with Crippen molar-refractivity contribution in [2.45, 2.75) is 131 Å². The van der Waals surface area contributed by atoms with Crippen LogP contribution in [0.5, 0.6) is 0 Å². The summed E-state index contributed by atoms with van der Waals surface area (Å²) in [6.45, 7) is -0.723. The molecular weight excluding hydrogens is 1390 g/mol. The lowest BCUT2D eigenvalue weighted by atomic mass is 10.0. The first kappa shape index (κ1) is 81.4. The number of primary amides is 1. The minimum atomic E-state index is -5.08. The Morgan fingerprint density at radius 3 is 1.69 bits per heavy atom. The zero-order valence-electron chi connectivity index (χ0n) is 52.4. The van der Waals surface area contributed by atoms with Gasteiger partial charge in [0.05, 0.1) is 19.6 Å². The van der Waals surface area contributed by atoms with Crippen LogP contribution in [0.3, 0.4) is 0 Å². The zero-order valence-corrected chi connectivity index (χ0v) is 55.7. The molecule has 0 aliphatic carbocycles. The number of carbonyl (C=O) groups excluding carboxylic acids is 12. The van der Waals surface area contributed by atoms with Gasteiger partial charge in [0.15, 0.2) is 11.9 Å². The van der Waals surface area contributed by atoms with Crippen molar-refractivity contribution >= 4 is 149 Å². The van der Waals surface area contributed by atoms with E-state index in [0.29, 0.717) is 16.5 Å². The van der Waals surface area contributed by atoms with Crippen molar-refractivity contribution in [3.05, 3.63) is 36.0 Å². The summed E-state index contributed by atoms with van der Waals surface area (Å²) in [5.41, 5.74) is 34.8. The summed E-state index contributed by atoms with van der Waals surface area (Å²) in [6, 6.07) is -10.5. The fraction of sp³-hybridized carbons (Fsp3) is 0.556. The average molecular weight is 1470 g/mol. The third-order valence-corrected chi connectivity index (χ3v) is 19.2. The highest BCUT2D eigenvalue weighted by molar-refractivity contribution is 8.77.